The highest BCUT2D eigenvalue weighted by Gasteiger charge is 2.22. The second-order valence-electron chi connectivity index (χ2n) is 2.58. The molecule has 1 atom stereocenters. The minimum Gasteiger partial charge on any atom is -0.380 e. The van der Waals surface area contributed by atoms with Crippen LogP contribution in [0.4, 0.5) is 0 Å². The quantitative estimate of drug-likeness (QED) is 0.220. The number of methoxy groups -OCH3 is 1. The van der Waals surface area contributed by atoms with Crippen molar-refractivity contribution in [3.63, 3.8) is 0 Å². The van der Waals surface area contributed by atoms with Gasteiger partial charge in [-0.05, 0) is 6.42 Å². The smallest absolute Gasteiger partial charge is 0.213 e. The van der Waals surface area contributed by atoms with Gasteiger partial charge in [0.2, 0.25) is 5.96 Å². The van der Waals surface area contributed by atoms with Gasteiger partial charge in [0, 0.05) is 20.2 Å². The fourth-order valence-electron chi connectivity index (χ4n) is 1.21. The Balaban J connectivity index is 2.41. The van der Waals surface area contributed by atoms with E-state index >= 15 is 0 Å². The maximum absolute atomic E-state index is 5.49. The zero-order valence-corrected chi connectivity index (χ0v) is 6.66. The summed E-state index contributed by atoms with van der Waals surface area (Å²) >= 11 is 0. The number of guanidine groups is 1. The lowest BCUT2D eigenvalue weighted by molar-refractivity contribution is 0.114. The van der Waals surface area contributed by atoms with Crippen molar-refractivity contribution in [2.24, 2.45) is 16.7 Å². The number of rotatable bonds is 1. The van der Waals surface area contributed by atoms with E-state index in [-0.39, 0.29) is 6.10 Å². The van der Waals surface area contributed by atoms with Crippen molar-refractivity contribution >= 4 is 5.96 Å². The molecule has 1 saturated heterocycles. The second-order valence-corrected chi connectivity index (χ2v) is 2.58. The molecule has 0 aromatic carbocycles. The van der Waals surface area contributed by atoms with Gasteiger partial charge in [-0.1, -0.05) is 0 Å². The molecule has 1 aliphatic heterocycles. The van der Waals surface area contributed by atoms with Gasteiger partial charge in [0.05, 0.1) is 6.10 Å². The van der Waals surface area contributed by atoms with Crippen molar-refractivity contribution in [2.75, 3.05) is 20.2 Å². The van der Waals surface area contributed by atoms with Crippen molar-refractivity contribution in [1.82, 2.24) is 4.90 Å². The van der Waals surface area contributed by atoms with Crippen LogP contribution in [0.1, 0.15) is 6.42 Å². The third kappa shape index (κ3) is 1.74. The van der Waals surface area contributed by atoms with E-state index in [1.165, 1.54) is 0 Å². The summed E-state index contributed by atoms with van der Waals surface area (Å²) in [5.41, 5.74) is 5.49. The van der Waals surface area contributed by atoms with Crippen LogP contribution in [0.5, 0.6) is 0 Å². The summed E-state index contributed by atoms with van der Waals surface area (Å²) in [5.74, 6) is 5.41. The lowest BCUT2D eigenvalue weighted by Crippen LogP contribution is -2.37. The summed E-state index contributed by atoms with van der Waals surface area (Å²) in [6, 6.07) is 0. The molecular weight excluding hydrogens is 144 g/mol. The van der Waals surface area contributed by atoms with Gasteiger partial charge in [-0.3, -0.25) is 0 Å². The van der Waals surface area contributed by atoms with E-state index < -0.39 is 0 Å². The molecule has 0 amide bonds. The molecule has 0 spiro atoms. The molecule has 64 valence electrons. The van der Waals surface area contributed by atoms with Gasteiger partial charge < -0.3 is 21.2 Å². The van der Waals surface area contributed by atoms with Gasteiger partial charge in [0.1, 0.15) is 0 Å². The van der Waals surface area contributed by atoms with E-state index in [2.05, 4.69) is 5.10 Å². The predicted octanol–water partition coefficient (Wildman–Crippen LogP) is -1.10. The monoisotopic (exact) mass is 158 g/mol. The zero-order chi connectivity index (χ0) is 8.27. The van der Waals surface area contributed by atoms with E-state index in [0.29, 0.717) is 5.96 Å². The van der Waals surface area contributed by atoms with Crippen LogP contribution in [0, 0.1) is 0 Å². The van der Waals surface area contributed by atoms with Crippen LogP contribution < -0.4 is 11.6 Å². The summed E-state index contributed by atoms with van der Waals surface area (Å²) in [4.78, 5) is 1.91. The largest absolute Gasteiger partial charge is 0.380 e. The Hall–Kier alpha value is -0.970. The van der Waals surface area contributed by atoms with Gasteiger partial charge in [-0.25, -0.2) is 0 Å². The summed E-state index contributed by atoms with van der Waals surface area (Å²) in [7, 11) is 1.70. The maximum Gasteiger partial charge on any atom is 0.213 e. The van der Waals surface area contributed by atoms with Crippen LogP contribution in [0.3, 0.4) is 0 Å². The minimum atomic E-state index is 0.273. The first-order chi connectivity index (χ1) is 5.27. The molecule has 1 aliphatic rings. The molecule has 0 bridgehead atoms. The second kappa shape index (κ2) is 3.43. The van der Waals surface area contributed by atoms with Crippen molar-refractivity contribution in [3.05, 3.63) is 0 Å². The molecule has 11 heavy (non-hydrogen) atoms. The third-order valence-corrected chi connectivity index (χ3v) is 1.93. The molecule has 1 rings (SSSR count). The summed E-state index contributed by atoms with van der Waals surface area (Å²) in [5, 5.41) is 3.40. The molecule has 5 heteroatoms. The molecule has 5 nitrogen and oxygen atoms in total. The van der Waals surface area contributed by atoms with Crippen LogP contribution in [-0.4, -0.2) is 37.2 Å². The number of nitrogens with zero attached hydrogens (tertiary/aromatic N) is 2. The predicted molar refractivity (Wildman–Crippen MR) is 42.8 cm³/mol. The molecule has 0 aliphatic carbocycles. The fourth-order valence-corrected chi connectivity index (χ4v) is 1.21. The lowest BCUT2D eigenvalue weighted by atomic mass is 10.3. The van der Waals surface area contributed by atoms with Gasteiger partial charge in [0.15, 0.2) is 0 Å². The normalized spacial score (nSPS) is 26.1. The van der Waals surface area contributed by atoms with Crippen LogP contribution in [-0.2, 0) is 4.74 Å². The molecule has 0 aromatic heterocycles. The van der Waals surface area contributed by atoms with E-state index in [9.17, 15) is 0 Å². The Morgan fingerprint density at radius 1 is 1.73 bits per heavy atom. The molecule has 0 radical (unpaired) electrons. The number of likely N-dealkylation sites (tertiary alicyclic amines) is 1. The zero-order valence-electron chi connectivity index (χ0n) is 6.66. The number of hydrazone groups is 1. The van der Waals surface area contributed by atoms with Crippen molar-refractivity contribution in [2.45, 2.75) is 12.5 Å². The Morgan fingerprint density at radius 3 is 2.91 bits per heavy atom. The lowest BCUT2D eigenvalue weighted by Gasteiger charge is -2.15. The summed E-state index contributed by atoms with van der Waals surface area (Å²) in [6.07, 6.45) is 1.27. The fraction of sp³-hybridized carbons (Fsp3) is 0.833. The maximum atomic E-state index is 5.49. The highest BCUT2D eigenvalue weighted by molar-refractivity contribution is 5.77. The highest BCUT2D eigenvalue weighted by Crippen LogP contribution is 2.10. The molecule has 0 aromatic rings. The average Bonchev–Trinajstić information content (AvgIpc) is 2.50. The number of hydrogen-bond acceptors (Lipinski definition) is 3. The average molecular weight is 158 g/mol. The van der Waals surface area contributed by atoms with Gasteiger partial charge >= 0.3 is 0 Å². The van der Waals surface area contributed by atoms with E-state index in [1.54, 1.807) is 7.11 Å². The minimum absolute atomic E-state index is 0.273. The highest BCUT2D eigenvalue weighted by atomic mass is 16.5. The van der Waals surface area contributed by atoms with Gasteiger partial charge in [-0.2, -0.15) is 0 Å². The van der Waals surface area contributed by atoms with Crippen LogP contribution in [0.25, 0.3) is 0 Å². The Labute approximate surface area is 66.0 Å². The Morgan fingerprint density at radius 2 is 2.45 bits per heavy atom. The van der Waals surface area contributed by atoms with Crippen molar-refractivity contribution in [1.29, 1.82) is 0 Å². The topological polar surface area (TPSA) is 76.9 Å². The van der Waals surface area contributed by atoms with Crippen LogP contribution in [0.15, 0.2) is 5.10 Å². The first kappa shape index (κ1) is 8.13. The number of hydrogen-bond donors (Lipinski definition) is 2. The van der Waals surface area contributed by atoms with E-state index in [1.807, 2.05) is 4.90 Å². The van der Waals surface area contributed by atoms with E-state index in [4.69, 9.17) is 16.3 Å². The summed E-state index contributed by atoms with van der Waals surface area (Å²) < 4.78 is 5.14. The molecular formula is C6H14N4O. The van der Waals surface area contributed by atoms with Gasteiger partial charge in [0.25, 0.3) is 0 Å². The van der Waals surface area contributed by atoms with Crippen LogP contribution in [0.2, 0.25) is 0 Å². The summed E-state index contributed by atoms with van der Waals surface area (Å²) in [6.45, 7) is 1.67. The van der Waals surface area contributed by atoms with Crippen LogP contribution >= 0.6 is 0 Å². The molecule has 1 heterocycles. The van der Waals surface area contributed by atoms with Crippen molar-refractivity contribution < 1.29 is 4.74 Å². The Kier molecular flexibility index (Phi) is 2.53. The molecule has 1 unspecified atom stereocenters. The standard InChI is InChI=1S/C6H14N4O/c1-11-5-2-3-10(4-5)6(7)9-8/h5H,2-4,8H2,1H3,(H2,7,9). The first-order valence-electron chi connectivity index (χ1n) is 3.59. The molecule has 0 saturated carbocycles. The van der Waals surface area contributed by atoms with Crippen molar-refractivity contribution in [3.8, 4) is 0 Å². The third-order valence-electron chi connectivity index (χ3n) is 1.93. The first-order valence-corrected chi connectivity index (χ1v) is 3.59. The molecule has 4 N–H and O–H groups in total. The Bertz CT molecular complexity index is 159. The molecule has 1 fully saturated rings. The van der Waals surface area contributed by atoms with Gasteiger partial charge in [-0.15, -0.1) is 5.10 Å². The number of ether oxygens (including phenoxy) is 1. The number of nitrogens with two attached hydrogens (primary N) is 2. The SMILES string of the molecule is COC1CCN(C(N)=NN)C1. The van der Waals surface area contributed by atoms with E-state index in [0.717, 1.165) is 19.5 Å².